The molecule has 1 aliphatic rings. The number of benzene rings is 1. The number of hydrogen-bond acceptors (Lipinski definition) is 7. The Bertz CT molecular complexity index is 1030. The summed E-state index contributed by atoms with van der Waals surface area (Å²) in [4.78, 5) is 14.1. The van der Waals surface area contributed by atoms with Crippen LogP contribution in [-0.2, 0) is 11.3 Å². The molecule has 0 N–H and O–H groups in total. The van der Waals surface area contributed by atoms with Crippen LogP contribution in [0.3, 0.4) is 0 Å². The maximum Gasteiger partial charge on any atom is 0.373 e. The van der Waals surface area contributed by atoms with E-state index in [4.69, 9.17) is 9.15 Å². The third-order valence-electron chi connectivity index (χ3n) is 5.30. The van der Waals surface area contributed by atoms with E-state index in [-0.39, 0.29) is 16.8 Å². The molecule has 0 spiro atoms. The number of ether oxygens (including phenoxy) is 1. The molecule has 1 atom stereocenters. The summed E-state index contributed by atoms with van der Waals surface area (Å²) in [6.07, 6.45) is 3.63. The topological polar surface area (TPSA) is 73.4 Å². The van der Waals surface area contributed by atoms with Crippen molar-refractivity contribution in [3.63, 3.8) is 0 Å². The monoisotopic (exact) mass is 444 g/mol. The van der Waals surface area contributed by atoms with Crippen molar-refractivity contribution in [2.45, 2.75) is 43.1 Å². The fraction of sp³-hybridized carbons (Fsp3) is 0.409. The van der Waals surface area contributed by atoms with E-state index in [0.29, 0.717) is 17.5 Å². The van der Waals surface area contributed by atoms with Gasteiger partial charge in [0.15, 0.2) is 11.0 Å². The standard InChI is InChI=1S/C22H25FN4O3S/c1-15(18-10-11-19(30-18)21(28)29-2)31-22-25-24-20(14-26-12-4-3-5-13-26)27(22)17-8-6-16(23)7-9-17/h6-11,15H,3-5,12-14H2,1-2H3. The number of methoxy groups -OCH3 is 1. The van der Waals surface area contributed by atoms with Crippen LogP contribution in [-0.4, -0.2) is 45.8 Å². The number of piperidine rings is 1. The molecule has 1 unspecified atom stereocenters. The van der Waals surface area contributed by atoms with Gasteiger partial charge in [-0.1, -0.05) is 18.2 Å². The van der Waals surface area contributed by atoms with Crippen LogP contribution in [0, 0.1) is 5.82 Å². The van der Waals surface area contributed by atoms with Gasteiger partial charge in [0.25, 0.3) is 0 Å². The average molecular weight is 445 g/mol. The number of thioether (sulfide) groups is 1. The Kier molecular flexibility index (Phi) is 6.72. The van der Waals surface area contributed by atoms with Crippen LogP contribution in [0.2, 0.25) is 0 Å². The Morgan fingerprint density at radius 2 is 1.90 bits per heavy atom. The molecule has 9 heteroatoms. The summed E-state index contributed by atoms with van der Waals surface area (Å²) in [5.74, 6) is 0.815. The summed E-state index contributed by atoms with van der Waals surface area (Å²) >= 11 is 1.47. The Morgan fingerprint density at radius 3 is 2.61 bits per heavy atom. The van der Waals surface area contributed by atoms with Crippen molar-refractivity contribution in [3.8, 4) is 5.69 Å². The smallest absolute Gasteiger partial charge is 0.373 e. The van der Waals surface area contributed by atoms with Crippen molar-refractivity contribution >= 4 is 17.7 Å². The third kappa shape index (κ3) is 4.99. The Balaban J connectivity index is 1.61. The average Bonchev–Trinajstić information content (AvgIpc) is 3.43. The molecule has 31 heavy (non-hydrogen) atoms. The zero-order chi connectivity index (χ0) is 21.8. The van der Waals surface area contributed by atoms with E-state index < -0.39 is 5.97 Å². The van der Waals surface area contributed by atoms with Crippen molar-refractivity contribution < 1.29 is 18.3 Å². The lowest BCUT2D eigenvalue weighted by atomic mass is 10.1. The number of carbonyl (C=O) groups is 1. The normalized spacial score (nSPS) is 15.7. The number of carbonyl (C=O) groups excluding carboxylic acids is 1. The molecule has 164 valence electrons. The highest BCUT2D eigenvalue weighted by Gasteiger charge is 2.23. The molecule has 1 fully saturated rings. The van der Waals surface area contributed by atoms with E-state index >= 15 is 0 Å². The Morgan fingerprint density at radius 1 is 1.16 bits per heavy atom. The van der Waals surface area contributed by atoms with E-state index in [0.717, 1.165) is 24.6 Å². The summed E-state index contributed by atoms with van der Waals surface area (Å²) < 4.78 is 25.9. The number of aromatic nitrogens is 3. The first kappa shape index (κ1) is 21.6. The molecule has 0 saturated carbocycles. The van der Waals surface area contributed by atoms with Gasteiger partial charge in [-0.05, 0) is 69.3 Å². The largest absolute Gasteiger partial charge is 0.463 e. The lowest BCUT2D eigenvalue weighted by molar-refractivity contribution is 0.0563. The number of halogens is 1. The molecule has 3 heterocycles. The minimum Gasteiger partial charge on any atom is -0.463 e. The first-order valence-electron chi connectivity index (χ1n) is 10.3. The third-order valence-corrected chi connectivity index (χ3v) is 6.36. The molecular weight excluding hydrogens is 419 g/mol. The molecule has 0 bridgehead atoms. The van der Waals surface area contributed by atoms with Gasteiger partial charge in [0.2, 0.25) is 5.76 Å². The summed E-state index contributed by atoms with van der Waals surface area (Å²) in [6.45, 7) is 4.74. The van der Waals surface area contributed by atoms with Crippen LogP contribution >= 0.6 is 11.8 Å². The van der Waals surface area contributed by atoms with Crippen LogP contribution in [0.5, 0.6) is 0 Å². The molecule has 1 saturated heterocycles. The van der Waals surface area contributed by atoms with E-state index in [1.807, 2.05) is 11.5 Å². The van der Waals surface area contributed by atoms with Crippen molar-refractivity contribution in [2.24, 2.45) is 0 Å². The number of rotatable bonds is 7. The highest BCUT2D eigenvalue weighted by Crippen LogP contribution is 2.36. The number of nitrogens with zero attached hydrogens (tertiary/aromatic N) is 4. The molecule has 3 aromatic rings. The summed E-state index contributed by atoms with van der Waals surface area (Å²) in [6, 6.07) is 9.70. The van der Waals surface area contributed by atoms with Gasteiger partial charge in [0.1, 0.15) is 11.6 Å². The van der Waals surface area contributed by atoms with Crippen LogP contribution in [0.15, 0.2) is 46.0 Å². The molecule has 0 aliphatic carbocycles. The number of hydrogen-bond donors (Lipinski definition) is 0. The molecule has 4 rings (SSSR count). The minimum absolute atomic E-state index is 0.121. The second-order valence-electron chi connectivity index (χ2n) is 7.50. The summed E-state index contributed by atoms with van der Waals surface area (Å²) in [5.41, 5.74) is 0.808. The van der Waals surface area contributed by atoms with E-state index in [2.05, 4.69) is 15.1 Å². The molecule has 7 nitrogen and oxygen atoms in total. The van der Waals surface area contributed by atoms with E-state index in [9.17, 15) is 9.18 Å². The molecule has 1 aliphatic heterocycles. The minimum atomic E-state index is -0.512. The quantitative estimate of drug-likeness (QED) is 0.389. The maximum atomic E-state index is 13.5. The van der Waals surface area contributed by atoms with Crippen LogP contribution < -0.4 is 0 Å². The first-order valence-corrected chi connectivity index (χ1v) is 11.2. The fourth-order valence-electron chi connectivity index (χ4n) is 3.64. The van der Waals surface area contributed by atoms with Crippen molar-refractivity contribution in [3.05, 3.63) is 59.6 Å². The van der Waals surface area contributed by atoms with Crippen molar-refractivity contribution in [2.75, 3.05) is 20.2 Å². The Labute approximate surface area is 184 Å². The molecule has 0 radical (unpaired) electrons. The van der Waals surface area contributed by atoms with Gasteiger partial charge in [-0.2, -0.15) is 0 Å². The van der Waals surface area contributed by atoms with Crippen molar-refractivity contribution in [1.29, 1.82) is 0 Å². The molecular formula is C22H25FN4O3S. The second kappa shape index (κ2) is 9.65. The zero-order valence-electron chi connectivity index (χ0n) is 17.6. The van der Waals surface area contributed by atoms with Crippen molar-refractivity contribution in [1.82, 2.24) is 19.7 Å². The molecule has 0 amide bonds. The first-order chi connectivity index (χ1) is 15.0. The van der Waals surface area contributed by atoms with Gasteiger partial charge in [-0.25, -0.2) is 9.18 Å². The Hall–Kier alpha value is -2.65. The zero-order valence-corrected chi connectivity index (χ0v) is 18.4. The van der Waals surface area contributed by atoms with Gasteiger partial charge in [-0.15, -0.1) is 10.2 Å². The van der Waals surface area contributed by atoms with Gasteiger partial charge >= 0.3 is 5.97 Å². The van der Waals surface area contributed by atoms with Crippen LogP contribution in [0.1, 0.15) is 53.6 Å². The van der Waals surface area contributed by atoms with Gasteiger partial charge in [0, 0.05) is 5.69 Å². The number of esters is 1. The highest BCUT2D eigenvalue weighted by molar-refractivity contribution is 7.99. The SMILES string of the molecule is COC(=O)c1ccc(C(C)Sc2nnc(CN3CCCCC3)n2-c2ccc(F)cc2)o1. The molecule has 1 aromatic carbocycles. The second-order valence-corrected chi connectivity index (χ2v) is 8.81. The fourth-order valence-corrected chi connectivity index (χ4v) is 4.61. The lowest BCUT2D eigenvalue weighted by Crippen LogP contribution is -2.30. The van der Waals surface area contributed by atoms with Gasteiger partial charge in [0.05, 0.1) is 18.9 Å². The number of furan rings is 1. The van der Waals surface area contributed by atoms with Gasteiger partial charge < -0.3 is 9.15 Å². The van der Waals surface area contributed by atoms with E-state index in [1.165, 1.54) is 50.3 Å². The van der Waals surface area contributed by atoms with Gasteiger partial charge in [-0.3, -0.25) is 9.47 Å². The number of likely N-dealkylation sites (tertiary alicyclic amines) is 1. The predicted octanol–water partition coefficient (Wildman–Crippen LogP) is 4.63. The van der Waals surface area contributed by atoms with Crippen LogP contribution in [0.4, 0.5) is 4.39 Å². The predicted molar refractivity (Wildman–Crippen MR) is 115 cm³/mol. The van der Waals surface area contributed by atoms with E-state index in [1.54, 1.807) is 24.3 Å². The highest BCUT2D eigenvalue weighted by atomic mass is 32.2. The summed E-state index contributed by atoms with van der Waals surface area (Å²) in [5, 5.41) is 9.44. The molecule has 2 aromatic heterocycles. The summed E-state index contributed by atoms with van der Waals surface area (Å²) in [7, 11) is 1.32. The van der Waals surface area contributed by atoms with Crippen LogP contribution in [0.25, 0.3) is 5.69 Å². The maximum absolute atomic E-state index is 13.5. The lowest BCUT2D eigenvalue weighted by Gasteiger charge is -2.26.